The molecule has 2 heterocycles. The predicted molar refractivity (Wildman–Crippen MR) is 96.8 cm³/mol. The lowest BCUT2D eigenvalue weighted by Crippen LogP contribution is -2.62. The first-order valence-electron chi connectivity index (χ1n) is 8.55. The maximum Gasteiger partial charge on any atom is 0.243 e. The van der Waals surface area contributed by atoms with Crippen molar-refractivity contribution in [3.05, 3.63) is 71.9 Å². The van der Waals surface area contributed by atoms with Crippen LogP contribution in [0.15, 0.2) is 60.8 Å². The third kappa shape index (κ3) is 3.01. The summed E-state index contributed by atoms with van der Waals surface area (Å²) >= 11 is 0. The number of benzene rings is 2. The van der Waals surface area contributed by atoms with Gasteiger partial charge in [0.1, 0.15) is 12.1 Å². The van der Waals surface area contributed by atoms with Crippen LogP contribution in [0.4, 0.5) is 0 Å². The number of aromatic nitrogens is 1. The Bertz CT molecular complexity index is 965. The molecule has 0 radical (unpaired) electrons. The van der Waals surface area contributed by atoms with Crippen LogP contribution in [0.2, 0.25) is 0 Å². The number of para-hydroxylation sites is 1. The van der Waals surface area contributed by atoms with Gasteiger partial charge in [-0.2, -0.15) is 4.73 Å². The van der Waals surface area contributed by atoms with Crippen molar-refractivity contribution in [1.82, 2.24) is 15.4 Å². The van der Waals surface area contributed by atoms with Gasteiger partial charge in [0.2, 0.25) is 11.8 Å². The van der Waals surface area contributed by atoms with Gasteiger partial charge >= 0.3 is 0 Å². The minimum absolute atomic E-state index is 0.189. The molecule has 0 unspecified atom stereocenters. The average molecular weight is 349 g/mol. The minimum Gasteiger partial charge on any atom is -0.428 e. The Balaban J connectivity index is 1.49. The van der Waals surface area contributed by atoms with Crippen LogP contribution >= 0.6 is 0 Å². The van der Waals surface area contributed by atoms with E-state index >= 15 is 0 Å². The Hall–Kier alpha value is -3.28. The first-order chi connectivity index (χ1) is 12.6. The lowest BCUT2D eigenvalue weighted by molar-refractivity contribution is -0.136. The number of hydrogen-bond donors (Lipinski definition) is 3. The number of hydrogen-bond acceptors (Lipinski definition) is 3. The number of carbonyl (C=O) groups excluding carboxylic acids is 2. The molecule has 2 atom stereocenters. The molecule has 2 amide bonds. The van der Waals surface area contributed by atoms with E-state index in [1.54, 1.807) is 12.3 Å². The summed E-state index contributed by atoms with van der Waals surface area (Å²) in [5.41, 5.74) is 2.48. The molecule has 0 bridgehead atoms. The molecule has 6 nitrogen and oxygen atoms in total. The molecule has 1 aliphatic heterocycles. The first-order valence-corrected chi connectivity index (χ1v) is 8.55. The normalized spacial score (nSPS) is 20.0. The zero-order valence-electron chi connectivity index (χ0n) is 14.1. The van der Waals surface area contributed by atoms with Crippen LogP contribution in [0.3, 0.4) is 0 Å². The van der Waals surface area contributed by atoms with Gasteiger partial charge in [0.25, 0.3) is 0 Å². The third-order valence-corrected chi connectivity index (χ3v) is 4.75. The van der Waals surface area contributed by atoms with Crippen molar-refractivity contribution in [1.29, 1.82) is 0 Å². The molecule has 1 aromatic heterocycles. The SMILES string of the molecule is O=C1N[C@@H](Cc2cn(O)c3ccccc23)C(=O)N[C@H]1Cc1ccccc1. The molecule has 1 aliphatic rings. The number of fused-ring (bicyclic) bond motifs is 1. The number of nitrogens with zero attached hydrogens (tertiary/aromatic N) is 1. The number of carbonyl (C=O) groups is 2. The van der Waals surface area contributed by atoms with Crippen molar-refractivity contribution >= 4 is 22.7 Å². The summed E-state index contributed by atoms with van der Waals surface area (Å²) < 4.78 is 1.05. The zero-order valence-corrected chi connectivity index (χ0v) is 14.1. The Labute approximate surface area is 150 Å². The second-order valence-electron chi connectivity index (χ2n) is 6.53. The van der Waals surface area contributed by atoms with Crippen LogP contribution < -0.4 is 10.6 Å². The minimum atomic E-state index is -0.652. The third-order valence-electron chi connectivity index (χ3n) is 4.75. The van der Waals surface area contributed by atoms with Crippen molar-refractivity contribution in [2.45, 2.75) is 24.9 Å². The van der Waals surface area contributed by atoms with E-state index < -0.39 is 12.1 Å². The Morgan fingerprint density at radius 3 is 2.19 bits per heavy atom. The molecule has 3 N–H and O–H groups in total. The smallest absolute Gasteiger partial charge is 0.243 e. The molecule has 132 valence electrons. The van der Waals surface area contributed by atoms with E-state index in [9.17, 15) is 14.8 Å². The fraction of sp³-hybridized carbons (Fsp3) is 0.200. The first kappa shape index (κ1) is 16.2. The lowest BCUT2D eigenvalue weighted by Gasteiger charge is -2.29. The quantitative estimate of drug-likeness (QED) is 0.626. The van der Waals surface area contributed by atoms with Crippen molar-refractivity contribution in [2.75, 3.05) is 0 Å². The summed E-state index contributed by atoms with van der Waals surface area (Å²) in [6, 6.07) is 15.8. The summed E-state index contributed by atoms with van der Waals surface area (Å²) in [4.78, 5) is 24.9. The van der Waals surface area contributed by atoms with Gasteiger partial charge in [0.05, 0.1) is 5.52 Å². The van der Waals surface area contributed by atoms with Crippen molar-refractivity contribution in [2.24, 2.45) is 0 Å². The Kier molecular flexibility index (Phi) is 4.08. The molecule has 1 saturated heterocycles. The standard InChI is InChI=1S/C20H19N3O3/c24-19-16(10-13-6-2-1-3-7-13)21-20(25)17(22-19)11-14-12-23(26)18-9-5-4-8-15(14)18/h1-9,12,16-17,26H,10-11H2,(H,21,25)(H,22,24)/t16-,17-/m0/s1. The second-order valence-corrected chi connectivity index (χ2v) is 6.53. The monoisotopic (exact) mass is 349 g/mol. The fourth-order valence-electron chi connectivity index (χ4n) is 3.43. The van der Waals surface area contributed by atoms with Crippen LogP contribution in [0, 0.1) is 0 Å². The second kappa shape index (κ2) is 6.55. The van der Waals surface area contributed by atoms with Crippen LogP contribution in [-0.2, 0) is 22.4 Å². The Morgan fingerprint density at radius 1 is 0.846 bits per heavy atom. The van der Waals surface area contributed by atoms with Crippen LogP contribution in [0.25, 0.3) is 10.9 Å². The number of piperazine rings is 1. The summed E-state index contributed by atoms with van der Waals surface area (Å²) in [5.74, 6) is -0.397. The summed E-state index contributed by atoms with van der Waals surface area (Å²) in [7, 11) is 0. The van der Waals surface area contributed by atoms with E-state index in [1.165, 1.54) is 0 Å². The molecule has 0 saturated carbocycles. The van der Waals surface area contributed by atoms with Crippen molar-refractivity contribution < 1.29 is 14.8 Å². The number of rotatable bonds is 4. The highest BCUT2D eigenvalue weighted by Gasteiger charge is 2.34. The highest BCUT2D eigenvalue weighted by Crippen LogP contribution is 2.22. The van der Waals surface area contributed by atoms with Gasteiger partial charge in [-0.1, -0.05) is 48.5 Å². The van der Waals surface area contributed by atoms with Gasteiger partial charge in [-0.3, -0.25) is 9.59 Å². The van der Waals surface area contributed by atoms with E-state index in [1.807, 2.05) is 48.5 Å². The molecule has 0 aliphatic carbocycles. The van der Waals surface area contributed by atoms with E-state index in [0.29, 0.717) is 18.4 Å². The highest BCUT2D eigenvalue weighted by molar-refractivity contribution is 5.97. The molecule has 26 heavy (non-hydrogen) atoms. The van der Waals surface area contributed by atoms with E-state index in [4.69, 9.17) is 0 Å². The van der Waals surface area contributed by atoms with Gasteiger partial charge in [-0.05, 0) is 17.2 Å². The van der Waals surface area contributed by atoms with Crippen LogP contribution in [0.1, 0.15) is 11.1 Å². The lowest BCUT2D eigenvalue weighted by atomic mass is 9.98. The van der Waals surface area contributed by atoms with Crippen LogP contribution in [-0.4, -0.2) is 33.8 Å². The van der Waals surface area contributed by atoms with Crippen LogP contribution in [0.5, 0.6) is 0 Å². The average Bonchev–Trinajstić information content (AvgIpc) is 2.96. The predicted octanol–water partition coefficient (Wildman–Crippen LogP) is 1.65. The fourth-order valence-corrected chi connectivity index (χ4v) is 3.43. The molecular formula is C20H19N3O3. The van der Waals surface area contributed by atoms with Gasteiger partial charge in [0.15, 0.2) is 0 Å². The Morgan fingerprint density at radius 2 is 1.46 bits per heavy atom. The topological polar surface area (TPSA) is 83.4 Å². The molecule has 4 rings (SSSR count). The molecule has 6 heteroatoms. The van der Waals surface area contributed by atoms with Gasteiger partial charge in [-0.15, -0.1) is 0 Å². The molecule has 1 fully saturated rings. The molecule has 0 spiro atoms. The van der Waals surface area contributed by atoms with E-state index in [0.717, 1.165) is 21.2 Å². The van der Waals surface area contributed by atoms with Crippen molar-refractivity contribution in [3.63, 3.8) is 0 Å². The number of amides is 2. The van der Waals surface area contributed by atoms with Gasteiger partial charge in [-0.25, -0.2) is 0 Å². The molecular weight excluding hydrogens is 330 g/mol. The van der Waals surface area contributed by atoms with Crippen molar-refractivity contribution in [3.8, 4) is 0 Å². The largest absolute Gasteiger partial charge is 0.428 e. The molecule has 3 aromatic rings. The van der Waals surface area contributed by atoms with Gasteiger partial charge in [0, 0.05) is 24.4 Å². The van der Waals surface area contributed by atoms with Gasteiger partial charge < -0.3 is 15.8 Å². The van der Waals surface area contributed by atoms with E-state index in [2.05, 4.69) is 10.6 Å². The number of nitrogens with one attached hydrogen (secondary N) is 2. The highest BCUT2D eigenvalue weighted by atomic mass is 16.5. The van der Waals surface area contributed by atoms with E-state index in [-0.39, 0.29) is 11.8 Å². The molecule has 2 aromatic carbocycles. The summed E-state index contributed by atoms with van der Waals surface area (Å²) in [5, 5.41) is 16.5. The maximum atomic E-state index is 12.5. The maximum absolute atomic E-state index is 12.5. The zero-order chi connectivity index (χ0) is 18.1. The summed E-state index contributed by atoms with van der Waals surface area (Å²) in [6.07, 6.45) is 2.37. The summed E-state index contributed by atoms with van der Waals surface area (Å²) in [6.45, 7) is 0.